The minimum atomic E-state index is -4.50. The molecule has 0 aromatic heterocycles. The van der Waals surface area contributed by atoms with Crippen LogP contribution in [0.2, 0.25) is 0 Å². The Bertz CT molecular complexity index is 338. The number of hydrogen-bond acceptors (Lipinski definition) is 3. The molecule has 1 atom stereocenters. The fourth-order valence-corrected chi connectivity index (χ4v) is 1.97. The minimum Gasteiger partial charge on any atom is -0.444 e. The van der Waals surface area contributed by atoms with Gasteiger partial charge in [-0.2, -0.15) is 13.2 Å². The minimum absolute atomic E-state index is 0.0194. The molecule has 1 aliphatic rings. The third kappa shape index (κ3) is 3.75. The number of rotatable bonds is 2. The zero-order valence-electron chi connectivity index (χ0n) is 11.6. The summed E-state index contributed by atoms with van der Waals surface area (Å²) in [5.41, 5.74) is -3.00. The van der Waals surface area contributed by atoms with Crippen molar-refractivity contribution in [3.05, 3.63) is 0 Å². The second-order valence-corrected chi connectivity index (χ2v) is 5.58. The van der Waals surface area contributed by atoms with E-state index in [1.54, 1.807) is 20.8 Å². The van der Waals surface area contributed by atoms with Gasteiger partial charge in [-0.1, -0.05) is 0 Å². The predicted molar refractivity (Wildman–Crippen MR) is 62.8 cm³/mol. The van der Waals surface area contributed by atoms with Crippen LogP contribution in [0.5, 0.6) is 0 Å². The van der Waals surface area contributed by atoms with Crippen molar-refractivity contribution in [2.75, 3.05) is 19.7 Å². The monoisotopic (exact) mass is 283 g/mol. The maximum Gasteiger partial charge on any atom is 0.419 e. The van der Waals surface area contributed by atoms with E-state index in [-0.39, 0.29) is 19.6 Å². The molecule has 1 rings (SSSR count). The lowest BCUT2D eigenvalue weighted by Gasteiger charge is -2.31. The van der Waals surface area contributed by atoms with Crippen molar-refractivity contribution in [2.45, 2.75) is 51.5 Å². The van der Waals surface area contributed by atoms with E-state index < -0.39 is 30.0 Å². The van der Waals surface area contributed by atoms with Crippen molar-refractivity contribution in [1.82, 2.24) is 4.90 Å². The number of amides is 1. The molecular formula is C12H20F3NO3. The molecule has 1 heterocycles. The summed E-state index contributed by atoms with van der Waals surface area (Å²) < 4.78 is 49.2. The van der Waals surface area contributed by atoms with Gasteiger partial charge in [0.25, 0.3) is 0 Å². The Hall–Kier alpha value is -0.980. The highest BCUT2D eigenvalue weighted by Crippen LogP contribution is 2.41. The topological polar surface area (TPSA) is 38.8 Å². The highest BCUT2D eigenvalue weighted by Gasteiger charge is 2.60. The van der Waals surface area contributed by atoms with Crippen molar-refractivity contribution in [3.8, 4) is 0 Å². The van der Waals surface area contributed by atoms with Crippen LogP contribution in [0, 0.1) is 0 Å². The van der Waals surface area contributed by atoms with Crippen molar-refractivity contribution in [1.29, 1.82) is 0 Å². The number of ether oxygens (including phenoxy) is 2. The number of alkyl halides is 3. The normalized spacial score (nSPS) is 24.7. The molecule has 0 spiro atoms. The van der Waals surface area contributed by atoms with E-state index in [9.17, 15) is 18.0 Å². The zero-order chi connectivity index (χ0) is 14.9. The van der Waals surface area contributed by atoms with Gasteiger partial charge >= 0.3 is 12.3 Å². The molecule has 19 heavy (non-hydrogen) atoms. The van der Waals surface area contributed by atoms with Crippen LogP contribution in [0.1, 0.15) is 34.1 Å². The molecular weight excluding hydrogens is 263 g/mol. The number of hydrogen-bond donors (Lipinski definition) is 0. The van der Waals surface area contributed by atoms with Gasteiger partial charge < -0.3 is 14.4 Å². The van der Waals surface area contributed by atoms with E-state index in [0.29, 0.717) is 0 Å². The summed E-state index contributed by atoms with van der Waals surface area (Å²) >= 11 is 0. The van der Waals surface area contributed by atoms with E-state index in [4.69, 9.17) is 9.47 Å². The van der Waals surface area contributed by atoms with Gasteiger partial charge in [-0.3, -0.25) is 0 Å². The molecule has 7 heteroatoms. The third-order valence-corrected chi connectivity index (χ3v) is 2.82. The Kier molecular flexibility index (Phi) is 4.39. The average molecular weight is 283 g/mol. The fraction of sp³-hybridized carbons (Fsp3) is 0.917. The van der Waals surface area contributed by atoms with Crippen LogP contribution in [0.3, 0.4) is 0 Å². The van der Waals surface area contributed by atoms with E-state index >= 15 is 0 Å². The van der Waals surface area contributed by atoms with Crippen LogP contribution in [0.15, 0.2) is 0 Å². The Morgan fingerprint density at radius 1 is 1.32 bits per heavy atom. The molecule has 1 aliphatic heterocycles. The van der Waals surface area contributed by atoms with E-state index in [0.717, 1.165) is 4.90 Å². The molecule has 0 aliphatic carbocycles. The summed E-state index contributed by atoms with van der Waals surface area (Å²) in [5.74, 6) is 0. The van der Waals surface area contributed by atoms with Gasteiger partial charge in [-0.25, -0.2) is 4.79 Å². The molecule has 1 fully saturated rings. The zero-order valence-corrected chi connectivity index (χ0v) is 11.6. The first-order valence-electron chi connectivity index (χ1n) is 6.19. The molecule has 0 aromatic rings. The highest BCUT2D eigenvalue weighted by molar-refractivity contribution is 5.68. The first kappa shape index (κ1) is 16.1. The molecule has 0 saturated carbocycles. The SMILES string of the molecule is CCO[C@]1(C(F)(F)F)CCN(C(=O)OC(C)(C)C)C1. The van der Waals surface area contributed by atoms with Gasteiger partial charge in [0.2, 0.25) is 0 Å². The first-order valence-corrected chi connectivity index (χ1v) is 6.19. The number of carbonyl (C=O) groups excluding carboxylic acids is 1. The lowest BCUT2D eigenvalue weighted by atomic mass is 10.0. The summed E-state index contributed by atoms with van der Waals surface area (Å²) in [6.07, 6.45) is -5.50. The molecule has 0 N–H and O–H groups in total. The number of likely N-dealkylation sites (tertiary alicyclic amines) is 1. The Labute approximate surface area is 110 Å². The third-order valence-electron chi connectivity index (χ3n) is 2.82. The molecule has 0 unspecified atom stereocenters. The Balaban J connectivity index is 2.77. The average Bonchev–Trinajstić information content (AvgIpc) is 2.60. The number of carbonyl (C=O) groups is 1. The molecule has 0 radical (unpaired) electrons. The lowest BCUT2D eigenvalue weighted by Crippen LogP contribution is -2.50. The molecule has 1 saturated heterocycles. The summed E-state index contributed by atoms with van der Waals surface area (Å²) in [6, 6.07) is 0. The van der Waals surface area contributed by atoms with Crippen LogP contribution in [-0.4, -0.2) is 48.1 Å². The van der Waals surface area contributed by atoms with Crippen LogP contribution in [0.25, 0.3) is 0 Å². The molecule has 0 aromatic carbocycles. The fourth-order valence-electron chi connectivity index (χ4n) is 1.97. The molecule has 4 nitrogen and oxygen atoms in total. The Morgan fingerprint density at radius 3 is 2.32 bits per heavy atom. The van der Waals surface area contributed by atoms with Gasteiger partial charge in [0.1, 0.15) is 5.60 Å². The van der Waals surface area contributed by atoms with Gasteiger partial charge in [-0.15, -0.1) is 0 Å². The molecule has 112 valence electrons. The van der Waals surface area contributed by atoms with Crippen LogP contribution in [-0.2, 0) is 9.47 Å². The smallest absolute Gasteiger partial charge is 0.419 e. The molecule has 0 bridgehead atoms. The summed E-state index contributed by atoms with van der Waals surface area (Å²) in [4.78, 5) is 12.8. The second kappa shape index (κ2) is 5.19. The summed E-state index contributed by atoms with van der Waals surface area (Å²) in [6.45, 7) is 5.92. The lowest BCUT2D eigenvalue weighted by molar-refractivity contribution is -0.270. The first-order chi connectivity index (χ1) is 8.51. The summed E-state index contributed by atoms with van der Waals surface area (Å²) in [5, 5.41) is 0. The van der Waals surface area contributed by atoms with Crippen LogP contribution >= 0.6 is 0 Å². The van der Waals surface area contributed by atoms with E-state index in [2.05, 4.69) is 0 Å². The van der Waals surface area contributed by atoms with Crippen molar-refractivity contribution in [2.24, 2.45) is 0 Å². The standard InChI is InChI=1S/C12H20F3NO3/c1-5-18-11(12(13,14)15)6-7-16(8-11)9(17)19-10(2,3)4/h5-8H2,1-4H3/t11-/m1/s1. The van der Waals surface area contributed by atoms with Gasteiger partial charge in [0.15, 0.2) is 5.60 Å². The predicted octanol–water partition coefficient (Wildman–Crippen LogP) is 2.96. The van der Waals surface area contributed by atoms with Crippen molar-refractivity contribution < 1.29 is 27.4 Å². The van der Waals surface area contributed by atoms with Crippen molar-refractivity contribution >= 4 is 6.09 Å². The van der Waals surface area contributed by atoms with E-state index in [1.807, 2.05) is 0 Å². The Morgan fingerprint density at radius 2 is 1.89 bits per heavy atom. The number of nitrogens with zero attached hydrogens (tertiary/aromatic N) is 1. The number of halogens is 3. The van der Waals surface area contributed by atoms with E-state index in [1.165, 1.54) is 6.92 Å². The maximum atomic E-state index is 13.1. The molecule has 1 amide bonds. The van der Waals surface area contributed by atoms with Crippen molar-refractivity contribution in [3.63, 3.8) is 0 Å². The second-order valence-electron chi connectivity index (χ2n) is 5.58. The summed E-state index contributed by atoms with van der Waals surface area (Å²) in [7, 11) is 0. The van der Waals surface area contributed by atoms with Gasteiger partial charge in [0, 0.05) is 19.6 Å². The maximum absolute atomic E-state index is 13.1. The van der Waals surface area contributed by atoms with Crippen LogP contribution < -0.4 is 0 Å². The highest BCUT2D eigenvalue weighted by atomic mass is 19.4. The van der Waals surface area contributed by atoms with Crippen LogP contribution in [0.4, 0.5) is 18.0 Å². The van der Waals surface area contributed by atoms with Gasteiger partial charge in [-0.05, 0) is 27.7 Å². The quantitative estimate of drug-likeness (QED) is 0.782. The largest absolute Gasteiger partial charge is 0.444 e. The van der Waals surface area contributed by atoms with Gasteiger partial charge in [0.05, 0.1) is 6.54 Å².